The molecule has 1 aliphatic heterocycles. The van der Waals surface area contributed by atoms with Crippen molar-refractivity contribution in [1.29, 1.82) is 0 Å². The van der Waals surface area contributed by atoms with Crippen LogP contribution in [0.3, 0.4) is 0 Å². The lowest BCUT2D eigenvalue weighted by molar-refractivity contribution is -0.0917. The first-order valence-electron chi connectivity index (χ1n) is 7.26. The van der Waals surface area contributed by atoms with Gasteiger partial charge in [-0.2, -0.15) is 0 Å². The van der Waals surface area contributed by atoms with E-state index in [-0.39, 0.29) is 17.6 Å². The summed E-state index contributed by atoms with van der Waals surface area (Å²) < 4.78 is 5.91. The Morgan fingerprint density at radius 2 is 2.25 bits per heavy atom. The lowest BCUT2D eigenvalue weighted by Crippen LogP contribution is -2.48. The van der Waals surface area contributed by atoms with Crippen LogP contribution >= 0.6 is 0 Å². The van der Waals surface area contributed by atoms with E-state index < -0.39 is 0 Å². The third kappa shape index (κ3) is 3.28. The van der Waals surface area contributed by atoms with Gasteiger partial charge in [0.15, 0.2) is 0 Å². The van der Waals surface area contributed by atoms with Crippen LogP contribution in [0.5, 0.6) is 0 Å². The zero-order valence-electron chi connectivity index (χ0n) is 12.2. The maximum absolute atomic E-state index is 12.2. The lowest BCUT2D eigenvalue weighted by Gasteiger charge is -2.40. The summed E-state index contributed by atoms with van der Waals surface area (Å²) in [5, 5.41) is 3.05. The smallest absolute Gasteiger partial charge is 0.270 e. The van der Waals surface area contributed by atoms with E-state index >= 15 is 0 Å². The second-order valence-electron chi connectivity index (χ2n) is 5.35. The highest BCUT2D eigenvalue weighted by atomic mass is 16.5. The maximum Gasteiger partial charge on any atom is 0.270 e. The average Bonchev–Trinajstić information content (AvgIpc) is 2.47. The van der Waals surface area contributed by atoms with Crippen LogP contribution in [0.4, 0.5) is 5.82 Å². The van der Waals surface area contributed by atoms with E-state index in [2.05, 4.69) is 24.1 Å². The Morgan fingerprint density at radius 1 is 1.50 bits per heavy atom. The van der Waals surface area contributed by atoms with Gasteiger partial charge in [-0.05, 0) is 37.8 Å². The van der Waals surface area contributed by atoms with Gasteiger partial charge in [-0.1, -0.05) is 19.9 Å². The number of ether oxygens (including phenoxy) is 1. The number of anilines is 1. The van der Waals surface area contributed by atoms with E-state index in [1.165, 1.54) is 0 Å². The number of hydrogen-bond acceptors (Lipinski definition) is 4. The van der Waals surface area contributed by atoms with E-state index in [1.807, 2.05) is 0 Å². The van der Waals surface area contributed by atoms with Crippen LogP contribution in [-0.4, -0.2) is 29.1 Å². The van der Waals surface area contributed by atoms with E-state index in [1.54, 1.807) is 18.2 Å². The third-order valence-corrected chi connectivity index (χ3v) is 4.12. The van der Waals surface area contributed by atoms with Gasteiger partial charge in [0.25, 0.3) is 5.91 Å². The summed E-state index contributed by atoms with van der Waals surface area (Å²) in [6.45, 7) is 4.96. The highest BCUT2D eigenvalue weighted by Crippen LogP contribution is 2.31. The first-order valence-corrected chi connectivity index (χ1v) is 7.26. The number of amides is 1. The SMILES string of the molecule is CCC1(CC)CC(NC(=O)c2cccc(N)n2)CCO1. The van der Waals surface area contributed by atoms with Gasteiger partial charge in [0, 0.05) is 12.6 Å². The first kappa shape index (κ1) is 14.8. The minimum atomic E-state index is -0.162. The number of carbonyl (C=O) groups excluding carboxylic acids is 1. The lowest BCUT2D eigenvalue weighted by atomic mass is 9.86. The molecule has 2 heterocycles. The highest BCUT2D eigenvalue weighted by Gasteiger charge is 2.35. The summed E-state index contributed by atoms with van der Waals surface area (Å²) in [7, 11) is 0. The first-order chi connectivity index (χ1) is 9.58. The molecule has 1 saturated heterocycles. The van der Waals surface area contributed by atoms with Crippen molar-refractivity contribution in [3.63, 3.8) is 0 Å². The van der Waals surface area contributed by atoms with E-state index in [9.17, 15) is 4.79 Å². The van der Waals surface area contributed by atoms with Crippen molar-refractivity contribution in [3.05, 3.63) is 23.9 Å². The topological polar surface area (TPSA) is 77.2 Å². The molecule has 20 heavy (non-hydrogen) atoms. The predicted octanol–water partition coefficient (Wildman–Crippen LogP) is 2.13. The summed E-state index contributed by atoms with van der Waals surface area (Å²) in [6.07, 6.45) is 3.63. The molecule has 1 aromatic rings. The van der Waals surface area contributed by atoms with Crippen LogP contribution in [0.1, 0.15) is 50.0 Å². The standard InChI is InChI=1S/C15H23N3O2/c1-3-15(4-2)10-11(8-9-20-15)17-14(19)12-6-5-7-13(16)18-12/h5-7,11H,3-4,8-10H2,1-2H3,(H2,16,18)(H,17,19). The summed E-state index contributed by atoms with van der Waals surface area (Å²) in [6, 6.07) is 5.23. The van der Waals surface area contributed by atoms with Gasteiger partial charge in [-0.3, -0.25) is 4.79 Å². The molecule has 5 heteroatoms. The second-order valence-corrected chi connectivity index (χ2v) is 5.35. The zero-order chi connectivity index (χ0) is 14.6. The van der Waals surface area contributed by atoms with Crippen LogP contribution in [0, 0.1) is 0 Å². The van der Waals surface area contributed by atoms with Crippen molar-refractivity contribution in [3.8, 4) is 0 Å². The second kappa shape index (κ2) is 6.22. The Labute approximate surface area is 119 Å². The van der Waals surface area contributed by atoms with Gasteiger partial charge >= 0.3 is 0 Å². The molecule has 0 bridgehead atoms. The monoisotopic (exact) mass is 277 g/mol. The number of nitrogens with two attached hydrogens (primary N) is 1. The van der Waals surface area contributed by atoms with Crippen LogP contribution in [-0.2, 0) is 4.74 Å². The Morgan fingerprint density at radius 3 is 2.90 bits per heavy atom. The quantitative estimate of drug-likeness (QED) is 0.884. The summed E-state index contributed by atoms with van der Waals surface area (Å²) in [4.78, 5) is 16.2. The van der Waals surface area contributed by atoms with Crippen LogP contribution in [0.15, 0.2) is 18.2 Å². The molecule has 1 aromatic heterocycles. The number of carbonyl (C=O) groups is 1. The van der Waals surface area contributed by atoms with Crippen molar-refractivity contribution in [2.75, 3.05) is 12.3 Å². The van der Waals surface area contributed by atoms with Gasteiger partial charge in [-0.15, -0.1) is 0 Å². The third-order valence-electron chi connectivity index (χ3n) is 4.12. The number of rotatable bonds is 4. The average molecular weight is 277 g/mol. The molecule has 0 aromatic carbocycles. The number of pyridine rings is 1. The molecule has 0 spiro atoms. The van der Waals surface area contributed by atoms with Gasteiger partial charge < -0.3 is 15.8 Å². The number of aromatic nitrogens is 1. The molecule has 1 aliphatic rings. The molecule has 0 aliphatic carbocycles. The van der Waals surface area contributed by atoms with Gasteiger partial charge in [0.2, 0.25) is 0 Å². The molecule has 0 radical (unpaired) electrons. The molecular weight excluding hydrogens is 254 g/mol. The van der Waals surface area contributed by atoms with E-state index in [0.29, 0.717) is 18.1 Å². The molecular formula is C15H23N3O2. The number of nitrogens with zero attached hydrogens (tertiary/aromatic N) is 1. The van der Waals surface area contributed by atoms with E-state index in [0.717, 1.165) is 25.7 Å². The molecule has 3 N–H and O–H groups in total. The van der Waals surface area contributed by atoms with E-state index in [4.69, 9.17) is 10.5 Å². The minimum absolute atomic E-state index is 0.0979. The fraction of sp³-hybridized carbons (Fsp3) is 0.600. The summed E-state index contributed by atoms with van der Waals surface area (Å²) >= 11 is 0. The van der Waals surface area contributed by atoms with Gasteiger partial charge in [-0.25, -0.2) is 4.98 Å². The normalized spacial score (nSPS) is 21.4. The highest BCUT2D eigenvalue weighted by molar-refractivity contribution is 5.92. The van der Waals surface area contributed by atoms with Crippen molar-refractivity contribution >= 4 is 11.7 Å². The molecule has 1 atom stereocenters. The molecule has 1 unspecified atom stereocenters. The van der Waals surface area contributed by atoms with Crippen molar-refractivity contribution < 1.29 is 9.53 Å². The Balaban J connectivity index is 2.01. The van der Waals surface area contributed by atoms with Gasteiger partial charge in [0.05, 0.1) is 5.60 Å². The van der Waals surface area contributed by atoms with Crippen LogP contribution in [0.25, 0.3) is 0 Å². The van der Waals surface area contributed by atoms with Crippen LogP contribution in [0.2, 0.25) is 0 Å². The van der Waals surface area contributed by atoms with Crippen molar-refractivity contribution in [2.24, 2.45) is 0 Å². The van der Waals surface area contributed by atoms with Crippen LogP contribution < -0.4 is 11.1 Å². The number of nitrogen functional groups attached to an aromatic ring is 1. The Kier molecular flexibility index (Phi) is 4.60. The Hall–Kier alpha value is -1.62. The predicted molar refractivity (Wildman–Crippen MR) is 78.4 cm³/mol. The number of nitrogens with one attached hydrogen (secondary N) is 1. The summed E-state index contributed by atoms with van der Waals surface area (Å²) in [5.74, 6) is 0.200. The molecule has 5 nitrogen and oxygen atoms in total. The molecule has 2 rings (SSSR count). The maximum atomic E-state index is 12.2. The van der Waals surface area contributed by atoms with Crippen molar-refractivity contribution in [1.82, 2.24) is 10.3 Å². The molecule has 110 valence electrons. The molecule has 0 saturated carbocycles. The largest absolute Gasteiger partial charge is 0.384 e. The molecule has 1 amide bonds. The van der Waals surface area contributed by atoms with Gasteiger partial charge in [0.1, 0.15) is 11.5 Å². The number of hydrogen-bond donors (Lipinski definition) is 2. The zero-order valence-corrected chi connectivity index (χ0v) is 12.2. The fourth-order valence-electron chi connectivity index (χ4n) is 2.73. The minimum Gasteiger partial charge on any atom is -0.384 e. The molecule has 1 fully saturated rings. The van der Waals surface area contributed by atoms with Crippen molar-refractivity contribution in [2.45, 2.75) is 51.2 Å². The Bertz CT molecular complexity index is 472. The fourth-order valence-corrected chi connectivity index (χ4v) is 2.73. The summed E-state index contributed by atoms with van der Waals surface area (Å²) in [5.41, 5.74) is 5.88.